The van der Waals surface area contributed by atoms with Crippen molar-refractivity contribution in [1.29, 1.82) is 10.7 Å². The molecule has 1 aromatic rings. The van der Waals surface area contributed by atoms with Crippen molar-refractivity contribution in [2.75, 3.05) is 30.4 Å². The van der Waals surface area contributed by atoms with Crippen molar-refractivity contribution in [2.24, 2.45) is 16.8 Å². The number of para-hydroxylation sites is 1. The number of carbonyl (C=O) groups is 1. The zero-order chi connectivity index (χ0) is 22.3. The van der Waals surface area contributed by atoms with Gasteiger partial charge in [-0.15, -0.1) is 0 Å². The van der Waals surface area contributed by atoms with Crippen LogP contribution in [-0.4, -0.2) is 47.8 Å². The maximum atomic E-state index is 14.2. The molecule has 1 fully saturated rings. The Hall–Kier alpha value is -3.35. The number of benzene rings is 1. The molecule has 9 nitrogen and oxygen atoms in total. The van der Waals surface area contributed by atoms with E-state index in [1.165, 1.54) is 6.07 Å². The number of hydrogen-bond donors (Lipinski definition) is 4. The van der Waals surface area contributed by atoms with Crippen LogP contribution in [0, 0.1) is 28.5 Å². The molecule has 1 heterocycles. The molecule has 1 amide bonds. The van der Waals surface area contributed by atoms with Gasteiger partial charge < -0.3 is 20.7 Å². The van der Waals surface area contributed by atoms with Crippen molar-refractivity contribution in [3.05, 3.63) is 24.0 Å². The van der Waals surface area contributed by atoms with Gasteiger partial charge in [-0.3, -0.25) is 10.8 Å². The van der Waals surface area contributed by atoms with E-state index in [0.717, 1.165) is 12.8 Å². The lowest BCUT2D eigenvalue weighted by Gasteiger charge is -2.33. The molecule has 1 aliphatic heterocycles. The maximum Gasteiger partial charge on any atom is 0.410 e. The molecule has 1 saturated heterocycles. The summed E-state index contributed by atoms with van der Waals surface area (Å²) in [7, 11) is 0. The number of piperidine rings is 1. The summed E-state index contributed by atoms with van der Waals surface area (Å²) in [5.74, 6) is -0.757. The highest BCUT2D eigenvalue weighted by Gasteiger charge is 2.26. The van der Waals surface area contributed by atoms with Crippen LogP contribution in [0.5, 0.6) is 0 Å². The van der Waals surface area contributed by atoms with E-state index in [-0.39, 0.29) is 17.5 Å². The molecule has 5 N–H and O–H groups in total. The van der Waals surface area contributed by atoms with Gasteiger partial charge in [-0.1, -0.05) is 6.07 Å². The first-order valence-electron chi connectivity index (χ1n) is 9.69. The van der Waals surface area contributed by atoms with Crippen LogP contribution in [0.15, 0.2) is 23.3 Å². The minimum atomic E-state index is -0.552. The Morgan fingerprint density at radius 3 is 2.67 bits per heavy atom. The Labute approximate surface area is 175 Å². The third-order valence-electron chi connectivity index (χ3n) is 4.50. The second-order valence-corrected chi connectivity index (χ2v) is 8.05. The summed E-state index contributed by atoms with van der Waals surface area (Å²) in [6.45, 7) is 7.31. The zero-order valence-electron chi connectivity index (χ0n) is 17.5. The van der Waals surface area contributed by atoms with E-state index < -0.39 is 17.3 Å². The molecule has 30 heavy (non-hydrogen) atoms. The molecule has 0 aromatic heterocycles. The highest BCUT2D eigenvalue weighted by Crippen LogP contribution is 2.27. The summed E-state index contributed by atoms with van der Waals surface area (Å²) in [5, 5.41) is 23.1. The fraction of sp³-hybridized carbons (Fsp3) is 0.500. The van der Waals surface area contributed by atoms with E-state index >= 15 is 0 Å². The number of halogens is 1. The molecular formula is C20H28FN7O2. The van der Waals surface area contributed by atoms with Gasteiger partial charge in [-0.05, 0) is 51.7 Å². The number of hydrazone groups is 1. The van der Waals surface area contributed by atoms with Gasteiger partial charge in [0.25, 0.3) is 0 Å². The summed E-state index contributed by atoms with van der Waals surface area (Å²) in [6.07, 6.45) is 1.29. The van der Waals surface area contributed by atoms with Crippen molar-refractivity contribution >= 4 is 29.0 Å². The minimum Gasteiger partial charge on any atom is -0.444 e. The maximum absolute atomic E-state index is 14.2. The molecule has 0 radical (unpaired) electrons. The molecule has 0 atom stereocenters. The minimum absolute atomic E-state index is 0.0673. The SMILES string of the molecule is CC(C)(C)OC(=O)N1CCC(CNc2cccc(F)c2N/N=C(\C#N)C(=N)N)CC1. The molecule has 0 bridgehead atoms. The summed E-state index contributed by atoms with van der Waals surface area (Å²) in [5.41, 5.74) is 7.43. The second kappa shape index (κ2) is 9.91. The molecule has 162 valence electrons. The van der Waals surface area contributed by atoms with Crippen molar-refractivity contribution in [3.63, 3.8) is 0 Å². The van der Waals surface area contributed by atoms with Crippen molar-refractivity contribution in [3.8, 4) is 6.07 Å². The van der Waals surface area contributed by atoms with Crippen LogP contribution in [0.2, 0.25) is 0 Å². The number of nitrogens with zero attached hydrogens (tertiary/aromatic N) is 3. The number of nitrogens with two attached hydrogens (primary N) is 1. The summed E-state index contributed by atoms with van der Waals surface area (Å²) in [4.78, 5) is 13.9. The van der Waals surface area contributed by atoms with Gasteiger partial charge >= 0.3 is 6.09 Å². The van der Waals surface area contributed by atoms with E-state index in [2.05, 4.69) is 15.8 Å². The first-order valence-corrected chi connectivity index (χ1v) is 9.69. The Morgan fingerprint density at radius 2 is 2.10 bits per heavy atom. The molecule has 10 heteroatoms. The lowest BCUT2D eigenvalue weighted by molar-refractivity contribution is 0.0188. The van der Waals surface area contributed by atoms with Gasteiger partial charge in [0.1, 0.15) is 23.2 Å². The van der Waals surface area contributed by atoms with Gasteiger partial charge in [-0.2, -0.15) is 10.4 Å². The second-order valence-electron chi connectivity index (χ2n) is 8.05. The summed E-state index contributed by atoms with van der Waals surface area (Å²) in [6, 6.07) is 6.19. The van der Waals surface area contributed by atoms with Crippen LogP contribution in [0.3, 0.4) is 0 Å². The van der Waals surface area contributed by atoms with Gasteiger partial charge in [0.15, 0.2) is 5.84 Å². The molecular weight excluding hydrogens is 389 g/mol. The van der Waals surface area contributed by atoms with E-state index in [9.17, 15) is 9.18 Å². The molecule has 2 rings (SSSR count). The van der Waals surface area contributed by atoms with Crippen LogP contribution in [0.4, 0.5) is 20.6 Å². The number of amidine groups is 1. The number of carbonyl (C=O) groups excluding carboxylic acids is 1. The Bertz CT molecular complexity index is 850. The summed E-state index contributed by atoms with van der Waals surface area (Å²) >= 11 is 0. The van der Waals surface area contributed by atoms with Crippen molar-refractivity contribution < 1.29 is 13.9 Å². The number of nitrogens with one attached hydrogen (secondary N) is 3. The highest BCUT2D eigenvalue weighted by molar-refractivity contribution is 6.45. The van der Waals surface area contributed by atoms with Crippen LogP contribution in [-0.2, 0) is 4.74 Å². The molecule has 0 spiro atoms. The van der Waals surface area contributed by atoms with Gasteiger partial charge in [0.05, 0.1) is 5.69 Å². The molecule has 1 aliphatic rings. The van der Waals surface area contributed by atoms with Gasteiger partial charge in [-0.25, -0.2) is 9.18 Å². The average Bonchev–Trinajstić information content (AvgIpc) is 2.67. The van der Waals surface area contributed by atoms with E-state index in [4.69, 9.17) is 21.1 Å². The first-order chi connectivity index (χ1) is 14.1. The van der Waals surface area contributed by atoms with Gasteiger partial charge in [0.2, 0.25) is 5.71 Å². The lowest BCUT2D eigenvalue weighted by Crippen LogP contribution is -2.42. The van der Waals surface area contributed by atoms with Crippen LogP contribution in [0.1, 0.15) is 33.6 Å². The number of hydrogen-bond acceptors (Lipinski definition) is 7. The molecule has 0 unspecified atom stereocenters. The third kappa shape index (κ3) is 6.62. The number of likely N-dealkylation sites (tertiary alicyclic amines) is 1. The predicted molar refractivity (Wildman–Crippen MR) is 114 cm³/mol. The quantitative estimate of drug-likeness (QED) is 0.318. The third-order valence-corrected chi connectivity index (χ3v) is 4.50. The fourth-order valence-corrected chi connectivity index (χ4v) is 2.94. The fourth-order valence-electron chi connectivity index (χ4n) is 2.94. The standard InChI is InChI=1S/C20H28FN7O2/c1-20(2,3)30-19(29)28-9-7-13(8-10-28)12-25-15-6-4-5-14(21)17(15)27-26-16(11-22)18(23)24/h4-6,13,25,27H,7-10,12H2,1-3H3,(H3,23,24)/b26-16+. The largest absolute Gasteiger partial charge is 0.444 e. The Morgan fingerprint density at radius 1 is 1.43 bits per heavy atom. The number of nitriles is 1. The summed E-state index contributed by atoms with van der Waals surface area (Å²) < 4.78 is 19.7. The first kappa shape index (κ1) is 22.9. The molecule has 0 aliphatic carbocycles. The van der Waals surface area contributed by atoms with E-state index in [0.29, 0.717) is 31.2 Å². The van der Waals surface area contributed by atoms with Crippen molar-refractivity contribution in [1.82, 2.24) is 4.90 Å². The number of anilines is 2. The number of ether oxygens (including phenoxy) is 1. The molecule has 0 saturated carbocycles. The Balaban J connectivity index is 1.95. The monoisotopic (exact) mass is 417 g/mol. The smallest absolute Gasteiger partial charge is 0.410 e. The highest BCUT2D eigenvalue weighted by atomic mass is 19.1. The van der Waals surface area contributed by atoms with Crippen LogP contribution in [0.25, 0.3) is 0 Å². The predicted octanol–water partition coefficient (Wildman–Crippen LogP) is 3.11. The van der Waals surface area contributed by atoms with Crippen LogP contribution < -0.4 is 16.5 Å². The lowest BCUT2D eigenvalue weighted by atomic mass is 9.97. The normalized spacial score (nSPS) is 15.3. The van der Waals surface area contributed by atoms with E-state index in [1.807, 2.05) is 20.8 Å². The zero-order valence-corrected chi connectivity index (χ0v) is 17.5. The average molecular weight is 417 g/mol. The molecule has 1 aromatic carbocycles. The van der Waals surface area contributed by atoms with Crippen molar-refractivity contribution in [2.45, 2.75) is 39.2 Å². The van der Waals surface area contributed by atoms with Gasteiger partial charge in [0, 0.05) is 19.6 Å². The topological polar surface area (TPSA) is 140 Å². The van der Waals surface area contributed by atoms with Crippen LogP contribution >= 0.6 is 0 Å². The van der Waals surface area contributed by atoms with E-state index in [1.54, 1.807) is 23.1 Å². The number of amides is 1. The number of rotatable bonds is 6. The Kier molecular flexibility index (Phi) is 7.58.